The molecule has 0 saturated carbocycles. The van der Waals surface area contributed by atoms with E-state index in [1.165, 1.54) is 41.3 Å². The van der Waals surface area contributed by atoms with E-state index in [2.05, 4.69) is 10.0 Å². The summed E-state index contributed by atoms with van der Waals surface area (Å²) in [6.07, 6.45) is 0.402. The molecule has 0 aliphatic carbocycles. The van der Waals surface area contributed by atoms with Gasteiger partial charge in [-0.15, -0.1) is 0 Å². The van der Waals surface area contributed by atoms with E-state index in [0.717, 1.165) is 0 Å². The van der Waals surface area contributed by atoms with Crippen molar-refractivity contribution in [2.24, 2.45) is 5.41 Å². The molecule has 2 N–H and O–H groups in total. The normalized spacial score (nSPS) is 18.5. The summed E-state index contributed by atoms with van der Waals surface area (Å²) in [6, 6.07) is 9.56. The van der Waals surface area contributed by atoms with Gasteiger partial charge in [-0.05, 0) is 42.3 Å². The first-order valence-corrected chi connectivity index (χ1v) is 12.3. The SMILES string of the molecule is CC(C)(C)C(=O)c1ccc(S(=O)(=O)Nc2ccc3c(c2)CN(C2CCC(=O)NC2=O)C3=O)cc1. The van der Waals surface area contributed by atoms with E-state index in [1.807, 2.05) is 0 Å². The highest BCUT2D eigenvalue weighted by atomic mass is 32.2. The van der Waals surface area contributed by atoms with E-state index >= 15 is 0 Å². The number of nitrogens with one attached hydrogen (secondary N) is 2. The van der Waals surface area contributed by atoms with Gasteiger partial charge in [0.2, 0.25) is 11.8 Å². The van der Waals surface area contributed by atoms with E-state index in [0.29, 0.717) is 16.7 Å². The standard InChI is InChI=1S/C24H25N3O6S/c1-24(2,3)21(29)14-4-7-17(8-5-14)34(32,33)26-16-6-9-18-15(12-16)13-27(23(18)31)19-10-11-20(28)25-22(19)30/h4-9,12,19,26H,10-11,13H2,1-3H3,(H,25,28,30). The van der Waals surface area contributed by atoms with E-state index in [-0.39, 0.29) is 47.6 Å². The Labute approximate surface area is 197 Å². The van der Waals surface area contributed by atoms with Crippen LogP contribution in [-0.2, 0) is 26.2 Å². The highest BCUT2D eigenvalue weighted by Gasteiger charge is 2.39. The van der Waals surface area contributed by atoms with Crippen molar-refractivity contribution in [3.05, 3.63) is 59.2 Å². The van der Waals surface area contributed by atoms with Gasteiger partial charge >= 0.3 is 0 Å². The number of nitrogens with zero attached hydrogens (tertiary/aromatic N) is 1. The summed E-state index contributed by atoms with van der Waals surface area (Å²) in [5.41, 5.74) is 1.09. The fourth-order valence-corrected chi connectivity index (χ4v) is 5.12. The van der Waals surface area contributed by atoms with Crippen molar-refractivity contribution in [3.63, 3.8) is 0 Å². The molecule has 2 heterocycles. The maximum absolute atomic E-state index is 12.9. The molecule has 1 unspecified atom stereocenters. The van der Waals surface area contributed by atoms with E-state index in [9.17, 15) is 27.6 Å². The molecule has 0 radical (unpaired) electrons. The molecule has 3 amide bonds. The lowest BCUT2D eigenvalue weighted by Gasteiger charge is -2.29. The third-order valence-corrected chi connectivity index (χ3v) is 7.28. The molecule has 0 spiro atoms. The van der Waals surface area contributed by atoms with Crippen LogP contribution in [0.15, 0.2) is 47.4 Å². The van der Waals surface area contributed by atoms with Crippen LogP contribution in [0.25, 0.3) is 0 Å². The van der Waals surface area contributed by atoms with Gasteiger partial charge in [0.15, 0.2) is 5.78 Å². The Morgan fingerprint density at radius 2 is 1.74 bits per heavy atom. The number of Topliss-reactive ketones (excluding diaryl/α,β-unsaturated/α-hetero) is 1. The van der Waals surface area contributed by atoms with Crippen LogP contribution in [0.2, 0.25) is 0 Å². The summed E-state index contributed by atoms with van der Waals surface area (Å²) in [5.74, 6) is -1.30. The third kappa shape index (κ3) is 4.45. The molecule has 1 fully saturated rings. The summed E-state index contributed by atoms with van der Waals surface area (Å²) >= 11 is 0. The van der Waals surface area contributed by atoms with Gasteiger partial charge in [0.05, 0.1) is 4.90 Å². The molecule has 178 valence electrons. The Bertz CT molecular complexity index is 1310. The second-order valence-corrected chi connectivity index (χ2v) is 11.2. The molecule has 0 aromatic heterocycles. The molecular weight excluding hydrogens is 458 g/mol. The fraction of sp³-hybridized carbons (Fsp3) is 0.333. The monoisotopic (exact) mass is 483 g/mol. The number of hydrogen-bond donors (Lipinski definition) is 2. The minimum Gasteiger partial charge on any atom is -0.322 e. The summed E-state index contributed by atoms with van der Waals surface area (Å²) in [5, 5.41) is 2.25. The minimum atomic E-state index is -3.93. The topological polar surface area (TPSA) is 130 Å². The number of carbonyl (C=O) groups is 4. The molecule has 2 aliphatic rings. The number of anilines is 1. The van der Waals surface area contributed by atoms with Crippen LogP contribution < -0.4 is 10.0 Å². The van der Waals surface area contributed by atoms with Crippen molar-refractivity contribution in [2.45, 2.75) is 51.1 Å². The Balaban J connectivity index is 1.51. The first kappa shape index (κ1) is 23.6. The molecule has 2 aromatic rings. The summed E-state index contributed by atoms with van der Waals surface area (Å²) < 4.78 is 28.2. The van der Waals surface area contributed by atoms with E-state index in [4.69, 9.17) is 0 Å². The molecule has 1 saturated heterocycles. The van der Waals surface area contributed by atoms with Crippen molar-refractivity contribution in [1.82, 2.24) is 10.2 Å². The first-order valence-electron chi connectivity index (χ1n) is 10.8. The summed E-state index contributed by atoms with van der Waals surface area (Å²) in [4.78, 5) is 50.2. The van der Waals surface area contributed by atoms with E-state index < -0.39 is 27.4 Å². The second kappa shape index (κ2) is 8.35. The van der Waals surface area contributed by atoms with Gasteiger partial charge in [0.25, 0.3) is 15.9 Å². The van der Waals surface area contributed by atoms with Crippen molar-refractivity contribution in [1.29, 1.82) is 0 Å². The summed E-state index contributed by atoms with van der Waals surface area (Å²) in [6.45, 7) is 5.52. The molecule has 0 bridgehead atoms. The largest absolute Gasteiger partial charge is 0.322 e. The lowest BCUT2D eigenvalue weighted by molar-refractivity contribution is -0.136. The van der Waals surface area contributed by atoms with Gasteiger partial charge in [0, 0.05) is 35.2 Å². The molecule has 9 nitrogen and oxygen atoms in total. The second-order valence-electron chi connectivity index (χ2n) is 9.48. The molecule has 1 atom stereocenters. The van der Waals surface area contributed by atoms with Crippen LogP contribution in [0.1, 0.15) is 59.9 Å². The zero-order valence-electron chi connectivity index (χ0n) is 19.0. The van der Waals surface area contributed by atoms with Crippen molar-refractivity contribution >= 4 is 39.2 Å². The maximum Gasteiger partial charge on any atom is 0.261 e. The van der Waals surface area contributed by atoms with Crippen LogP contribution in [0.5, 0.6) is 0 Å². The van der Waals surface area contributed by atoms with Gasteiger partial charge in [-0.3, -0.25) is 29.2 Å². The summed E-state index contributed by atoms with van der Waals surface area (Å²) in [7, 11) is -3.93. The highest BCUT2D eigenvalue weighted by molar-refractivity contribution is 7.92. The molecule has 2 aliphatic heterocycles. The zero-order valence-corrected chi connectivity index (χ0v) is 19.9. The minimum absolute atomic E-state index is 0.000274. The number of carbonyl (C=O) groups excluding carboxylic acids is 4. The van der Waals surface area contributed by atoms with Crippen molar-refractivity contribution in [2.75, 3.05) is 4.72 Å². The highest BCUT2D eigenvalue weighted by Crippen LogP contribution is 2.30. The average Bonchev–Trinajstić information content (AvgIpc) is 3.08. The molecule has 10 heteroatoms. The van der Waals surface area contributed by atoms with Crippen molar-refractivity contribution < 1.29 is 27.6 Å². The van der Waals surface area contributed by atoms with Crippen LogP contribution in [0.4, 0.5) is 5.69 Å². The van der Waals surface area contributed by atoms with Gasteiger partial charge in [-0.25, -0.2) is 8.42 Å². The number of fused-ring (bicyclic) bond motifs is 1. The third-order valence-electron chi connectivity index (χ3n) is 5.88. The predicted molar refractivity (Wildman–Crippen MR) is 124 cm³/mol. The van der Waals surface area contributed by atoms with Crippen LogP contribution in [0.3, 0.4) is 0 Å². The number of amides is 3. The Hall–Kier alpha value is -3.53. The maximum atomic E-state index is 12.9. The molecule has 4 rings (SSSR count). The number of sulfonamides is 1. The molecule has 34 heavy (non-hydrogen) atoms. The fourth-order valence-electron chi connectivity index (χ4n) is 4.07. The van der Waals surface area contributed by atoms with Gasteiger partial charge in [-0.2, -0.15) is 0 Å². The van der Waals surface area contributed by atoms with Crippen LogP contribution in [0, 0.1) is 5.41 Å². The lowest BCUT2D eigenvalue weighted by atomic mass is 9.87. The average molecular weight is 484 g/mol. The number of piperidine rings is 1. The van der Waals surface area contributed by atoms with Crippen molar-refractivity contribution in [3.8, 4) is 0 Å². The quantitative estimate of drug-likeness (QED) is 0.496. The van der Waals surface area contributed by atoms with Gasteiger partial charge in [0.1, 0.15) is 6.04 Å². The number of imide groups is 1. The number of ketones is 1. The zero-order chi connectivity index (χ0) is 24.8. The number of benzene rings is 2. The van der Waals surface area contributed by atoms with Gasteiger partial charge < -0.3 is 4.90 Å². The van der Waals surface area contributed by atoms with E-state index in [1.54, 1.807) is 26.8 Å². The Kier molecular flexibility index (Phi) is 5.80. The van der Waals surface area contributed by atoms with Crippen LogP contribution in [-0.4, -0.2) is 42.9 Å². The first-order chi connectivity index (χ1) is 15.9. The van der Waals surface area contributed by atoms with Crippen LogP contribution >= 0.6 is 0 Å². The smallest absolute Gasteiger partial charge is 0.261 e. The lowest BCUT2D eigenvalue weighted by Crippen LogP contribution is -2.52. The number of hydrogen-bond acceptors (Lipinski definition) is 6. The molecular formula is C24H25N3O6S. The molecule has 2 aromatic carbocycles. The number of rotatable bonds is 5. The Morgan fingerprint density at radius 1 is 1.06 bits per heavy atom. The predicted octanol–water partition coefficient (Wildman–Crippen LogP) is 2.48. The Morgan fingerprint density at radius 3 is 2.35 bits per heavy atom. The van der Waals surface area contributed by atoms with Gasteiger partial charge in [-0.1, -0.05) is 32.9 Å².